The van der Waals surface area contributed by atoms with Crippen molar-refractivity contribution in [2.45, 2.75) is 26.3 Å². The fourth-order valence-corrected chi connectivity index (χ4v) is 3.60. The number of amides is 1. The van der Waals surface area contributed by atoms with Gasteiger partial charge in [0.15, 0.2) is 0 Å². The number of rotatable bonds is 4. The molecule has 3 heteroatoms. The Morgan fingerprint density at radius 3 is 2.57 bits per heavy atom. The van der Waals surface area contributed by atoms with Crippen LogP contribution in [-0.4, -0.2) is 23.9 Å². The van der Waals surface area contributed by atoms with Crippen LogP contribution in [0.2, 0.25) is 0 Å². The van der Waals surface area contributed by atoms with Crippen molar-refractivity contribution in [2.24, 2.45) is 0 Å². The number of fused-ring (bicyclic) bond motifs is 1. The monoisotopic (exact) mass is 323 g/mol. The molecule has 0 saturated heterocycles. The van der Waals surface area contributed by atoms with Gasteiger partial charge in [-0.1, -0.05) is 37.3 Å². The number of thiophene rings is 1. The molecule has 0 bridgehead atoms. The molecule has 0 N–H and O–H groups in total. The van der Waals surface area contributed by atoms with Crippen molar-refractivity contribution in [3.05, 3.63) is 59.5 Å². The highest BCUT2D eigenvalue weighted by Gasteiger charge is 2.21. The van der Waals surface area contributed by atoms with Crippen molar-refractivity contribution in [1.29, 1.82) is 0 Å². The normalized spacial score (nSPS) is 12.3. The van der Waals surface area contributed by atoms with Gasteiger partial charge in [0.1, 0.15) is 0 Å². The van der Waals surface area contributed by atoms with Gasteiger partial charge in [-0.25, -0.2) is 0 Å². The molecule has 23 heavy (non-hydrogen) atoms. The summed E-state index contributed by atoms with van der Waals surface area (Å²) in [5, 5.41) is 3.24. The third-order valence-electron chi connectivity index (χ3n) is 4.50. The topological polar surface area (TPSA) is 20.3 Å². The molecule has 2 aromatic carbocycles. The third-order valence-corrected chi connectivity index (χ3v) is 5.38. The summed E-state index contributed by atoms with van der Waals surface area (Å²) in [6, 6.07) is 16.6. The Kier molecular flexibility index (Phi) is 4.49. The van der Waals surface area contributed by atoms with E-state index in [0.29, 0.717) is 0 Å². The van der Waals surface area contributed by atoms with E-state index in [1.807, 2.05) is 36.2 Å². The quantitative estimate of drug-likeness (QED) is 0.626. The van der Waals surface area contributed by atoms with Crippen molar-refractivity contribution in [1.82, 2.24) is 4.90 Å². The molecule has 1 amide bonds. The molecule has 0 radical (unpaired) electrons. The molecule has 0 spiro atoms. The summed E-state index contributed by atoms with van der Waals surface area (Å²) >= 11 is 1.71. The highest BCUT2D eigenvalue weighted by Crippen LogP contribution is 2.35. The van der Waals surface area contributed by atoms with Gasteiger partial charge in [-0.2, -0.15) is 0 Å². The first-order chi connectivity index (χ1) is 11.1. The first kappa shape index (κ1) is 15.8. The lowest BCUT2D eigenvalue weighted by atomic mass is 9.95. The Balaban J connectivity index is 2.19. The van der Waals surface area contributed by atoms with Crippen LogP contribution < -0.4 is 0 Å². The van der Waals surface area contributed by atoms with Crippen molar-refractivity contribution >= 4 is 27.3 Å². The zero-order valence-corrected chi connectivity index (χ0v) is 14.6. The maximum atomic E-state index is 13.0. The molecular weight excluding hydrogens is 302 g/mol. The fraction of sp³-hybridized carbons (Fsp3) is 0.250. The van der Waals surface area contributed by atoms with Crippen molar-refractivity contribution in [2.75, 3.05) is 7.05 Å². The average molecular weight is 323 g/mol. The molecule has 2 nitrogen and oxygen atoms in total. The van der Waals surface area contributed by atoms with E-state index in [9.17, 15) is 4.79 Å². The molecule has 0 saturated carbocycles. The first-order valence-electron chi connectivity index (χ1n) is 7.96. The second-order valence-corrected chi connectivity index (χ2v) is 6.81. The van der Waals surface area contributed by atoms with Crippen LogP contribution in [-0.2, 0) is 0 Å². The minimum Gasteiger partial charge on any atom is -0.339 e. The average Bonchev–Trinajstić information content (AvgIpc) is 3.08. The number of benzene rings is 2. The molecule has 118 valence electrons. The van der Waals surface area contributed by atoms with Gasteiger partial charge in [-0.15, -0.1) is 11.3 Å². The molecular formula is C20H21NOS. The highest BCUT2D eigenvalue weighted by atomic mass is 32.1. The smallest absolute Gasteiger partial charge is 0.254 e. The fourth-order valence-electron chi connectivity index (χ4n) is 2.80. The Hall–Kier alpha value is -2.13. The molecule has 3 rings (SSSR count). The lowest BCUT2D eigenvalue weighted by Crippen LogP contribution is -2.34. The van der Waals surface area contributed by atoms with Gasteiger partial charge in [0.05, 0.1) is 0 Å². The maximum absolute atomic E-state index is 13.0. The molecule has 0 aliphatic heterocycles. The summed E-state index contributed by atoms with van der Waals surface area (Å²) in [5.74, 6) is 0.0892. The van der Waals surface area contributed by atoms with Crippen LogP contribution in [0.15, 0.2) is 53.9 Å². The number of carbonyl (C=O) groups is 1. The zero-order valence-electron chi connectivity index (χ0n) is 13.7. The molecule has 1 heterocycles. The van der Waals surface area contributed by atoms with Crippen LogP contribution in [0.5, 0.6) is 0 Å². The first-order valence-corrected chi connectivity index (χ1v) is 8.84. The number of hydrogen-bond donors (Lipinski definition) is 0. The largest absolute Gasteiger partial charge is 0.339 e. The zero-order chi connectivity index (χ0) is 16.4. The summed E-state index contributed by atoms with van der Waals surface area (Å²) in [4.78, 5) is 14.9. The van der Waals surface area contributed by atoms with Gasteiger partial charge >= 0.3 is 0 Å². The van der Waals surface area contributed by atoms with Crippen LogP contribution >= 0.6 is 11.3 Å². The molecule has 0 fully saturated rings. The molecule has 3 aromatic rings. The Morgan fingerprint density at radius 1 is 1.13 bits per heavy atom. The number of nitrogens with zero attached hydrogens (tertiary/aromatic N) is 1. The van der Waals surface area contributed by atoms with Gasteiger partial charge in [-0.05, 0) is 42.5 Å². The summed E-state index contributed by atoms with van der Waals surface area (Å²) in [7, 11) is 1.89. The van der Waals surface area contributed by atoms with Crippen molar-refractivity contribution in [3.8, 4) is 11.1 Å². The summed E-state index contributed by atoms with van der Waals surface area (Å²) in [5.41, 5.74) is 2.92. The van der Waals surface area contributed by atoms with E-state index < -0.39 is 0 Å². The van der Waals surface area contributed by atoms with E-state index >= 15 is 0 Å². The summed E-state index contributed by atoms with van der Waals surface area (Å²) in [6.07, 6.45) is 0.948. The summed E-state index contributed by atoms with van der Waals surface area (Å²) < 4.78 is 1.21. The van der Waals surface area contributed by atoms with Crippen LogP contribution in [0.3, 0.4) is 0 Å². The lowest BCUT2D eigenvalue weighted by molar-refractivity contribution is 0.0741. The van der Waals surface area contributed by atoms with E-state index in [1.54, 1.807) is 11.3 Å². The van der Waals surface area contributed by atoms with Crippen LogP contribution in [0.1, 0.15) is 30.6 Å². The van der Waals surface area contributed by atoms with Gasteiger partial charge in [-0.3, -0.25) is 4.79 Å². The summed E-state index contributed by atoms with van der Waals surface area (Å²) in [6.45, 7) is 4.19. The molecule has 0 aliphatic carbocycles. The van der Waals surface area contributed by atoms with Gasteiger partial charge in [0.2, 0.25) is 0 Å². The van der Waals surface area contributed by atoms with E-state index in [2.05, 4.69) is 43.5 Å². The lowest BCUT2D eigenvalue weighted by Gasteiger charge is -2.25. The second-order valence-electron chi connectivity index (χ2n) is 5.86. The van der Waals surface area contributed by atoms with Gasteiger partial charge < -0.3 is 4.90 Å². The highest BCUT2D eigenvalue weighted by molar-refractivity contribution is 7.17. The Morgan fingerprint density at radius 2 is 1.87 bits per heavy atom. The van der Waals surface area contributed by atoms with Crippen molar-refractivity contribution < 1.29 is 4.79 Å². The predicted molar refractivity (Wildman–Crippen MR) is 99.1 cm³/mol. The standard InChI is InChI=1S/C20H21NOS/c1-4-14(2)21(3)20(22)17-10-11-18-16(12-13-23-18)19(17)15-8-6-5-7-9-15/h5-14H,4H2,1-3H3. The molecule has 1 unspecified atom stereocenters. The van der Waals surface area contributed by atoms with E-state index in [0.717, 1.165) is 28.5 Å². The Labute approximate surface area is 141 Å². The maximum Gasteiger partial charge on any atom is 0.254 e. The van der Waals surface area contributed by atoms with Gasteiger partial charge in [0, 0.05) is 34.3 Å². The van der Waals surface area contributed by atoms with E-state index in [1.165, 1.54) is 4.70 Å². The SMILES string of the molecule is CCC(C)N(C)C(=O)c1ccc2sccc2c1-c1ccccc1. The number of carbonyl (C=O) groups excluding carboxylic acids is 1. The second kappa shape index (κ2) is 6.55. The van der Waals surface area contributed by atoms with Crippen LogP contribution in [0.4, 0.5) is 0 Å². The predicted octanol–water partition coefficient (Wildman–Crippen LogP) is 5.44. The molecule has 1 aromatic heterocycles. The van der Waals surface area contributed by atoms with Crippen LogP contribution in [0, 0.1) is 0 Å². The number of hydrogen-bond acceptors (Lipinski definition) is 2. The van der Waals surface area contributed by atoms with Crippen molar-refractivity contribution in [3.63, 3.8) is 0 Å². The van der Waals surface area contributed by atoms with E-state index in [4.69, 9.17) is 0 Å². The minimum absolute atomic E-state index is 0.0892. The van der Waals surface area contributed by atoms with Crippen LogP contribution in [0.25, 0.3) is 21.2 Å². The minimum atomic E-state index is 0.0892. The van der Waals surface area contributed by atoms with Gasteiger partial charge in [0.25, 0.3) is 5.91 Å². The molecule has 0 aliphatic rings. The Bertz CT molecular complexity index is 822. The molecule has 1 atom stereocenters. The van der Waals surface area contributed by atoms with E-state index in [-0.39, 0.29) is 11.9 Å². The third kappa shape index (κ3) is 2.89.